The first-order valence-electron chi connectivity index (χ1n) is 7.31. The van der Waals surface area contributed by atoms with Crippen molar-refractivity contribution in [2.75, 3.05) is 5.32 Å². The lowest BCUT2D eigenvalue weighted by Gasteiger charge is -2.23. The number of rotatable bonds is 7. The van der Waals surface area contributed by atoms with Crippen LogP contribution in [0.3, 0.4) is 0 Å². The highest BCUT2D eigenvalue weighted by Gasteiger charge is 2.30. The second kappa shape index (κ2) is 6.72. The van der Waals surface area contributed by atoms with Gasteiger partial charge in [-0.3, -0.25) is 10.1 Å². The predicted octanol–water partition coefficient (Wildman–Crippen LogP) is 3.69. The Balaban J connectivity index is 3.14. The fourth-order valence-corrected chi connectivity index (χ4v) is 2.59. The highest BCUT2D eigenvalue weighted by molar-refractivity contribution is 5.61. The molecule has 0 aromatic carbocycles. The van der Waals surface area contributed by atoms with Crippen molar-refractivity contribution in [3.8, 4) is 0 Å². The number of aromatic nitrogens is 2. The van der Waals surface area contributed by atoms with Gasteiger partial charge in [-0.25, -0.2) is 4.68 Å². The minimum atomic E-state index is -0.329. The van der Waals surface area contributed by atoms with Gasteiger partial charge in [0, 0.05) is 19.0 Å². The molecule has 6 heteroatoms. The van der Waals surface area contributed by atoms with Crippen molar-refractivity contribution in [2.45, 2.75) is 59.4 Å². The molecule has 1 heterocycles. The molecular weight excluding hydrogens is 256 g/mol. The third-order valence-electron chi connectivity index (χ3n) is 3.90. The van der Waals surface area contributed by atoms with E-state index in [1.165, 1.54) is 0 Å². The van der Waals surface area contributed by atoms with Gasteiger partial charge in [0.05, 0.1) is 4.92 Å². The monoisotopic (exact) mass is 282 g/mol. The summed E-state index contributed by atoms with van der Waals surface area (Å²) in [5.74, 6) is 1.03. The molecule has 1 aromatic rings. The predicted molar refractivity (Wildman–Crippen MR) is 81.1 cm³/mol. The van der Waals surface area contributed by atoms with Crippen molar-refractivity contribution in [1.82, 2.24) is 9.78 Å². The van der Waals surface area contributed by atoms with Gasteiger partial charge in [-0.05, 0) is 12.8 Å². The van der Waals surface area contributed by atoms with E-state index in [0.29, 0.717) is 17.4 Å². The Morgan fingerprint density at radius 3 is 2.25 bits per heavy atom. The molecule has 1 unspecified atom stereocenters. The molecule has 0 saturated carbocycles. The smallest absolute Gasteiger partial charge is 0.334 e. The third-order valence-corrected chi connectivity index (χ3v) is 3.90. The topological polar surface area (TPSA) is 73.0 Å². The fraction of sp³-hybridized carbons (Fsp3) is 0.786. The summed E-state index contributed by atoms with van der Waals surface area (Å²) >= 11 is 0. The van der Waals surface area contributed by atoms with Gasteiger partial charge in [-0.2, -0.15) is 5.10 Å². The summed E-state index contributed by atoms with van der Waals surface area (Å²) in [5.41, 5.74) is 0.650. The lowest BCUT2D eigenvalue weighted by Crippen LogP contribution is -2.26. The average Bonchev–Trinajstić information content (AvgIpc) is 2.68. The van der Waals surface area contributed by atoms with Crippen molar-refractivity contribution in [3.05, 3.63) is 15.8 Å². The Morgan fingerprint density at radius 1 is 1.30 bits per heavy atom. The number of aryl methyl sites for hydroxylation is 1. The van der Waals surface area contributed by atoms with Crippen molar-refractivity contribution < 1.29 is 4.92 Å². The highest BCUT2D eigenvalue weighted by Crippen LogP contribution is 2.34. The highest BCUT2D eigenvalue weighted by atomic mass is 16.6. The number of hydrogen-bond acceptors (Lipinski definition) is 4. The maximum absolute atomic E-state index is 11.4. The Morgan fingerprint density at radius 2 is 1.85 bits per heavy atom. The normalized spacial score (nSPS) is 13.0. The molecule has 6 nitrogen and oxygen atoms in total. The first-order valence-corrected chi connectivity index (χ1v) is 7.31. The molecule has 0 aliphatic rings. The SMILES string of the molecule is CCC(CC)C(C)Nc1c([N+](=O)[O-])c(C(C)C)nn1C. The van der Waals surface area contributed by atoms with Crippen LogP contribution in [0.4, 0.5) is 11.5 Å². The zero-order chi connectivity index (χ0) is 15.4. The number of nitrogens with zero attached hydrogens (tertiary/aromatic N) is 3. The van der Waals surface area contributed by atoms with Crippen molar-refractivity contribution in [3.63, 3.8) is 0 Å². The quantitative estimate of drug-likeness (QED) is 0.611. The summed E-state index contributed by atoms with van der Waals surface area (Å²) in [7, 11) is 1.75. The van der Waals surface area contributed by atoms with Gasteiger partial charge < -0.3 is 5.32 Å². The Labute approximate surface area is 120 Å². The zero-order valence-corrected chi connectivity index (χ0v) is 13.3. The van der Waals surface area contributed by atoms with Gasteiger partial charge in [0.15, 0.2) is 0 Å². The van der Waals surface area contributed by atoms with Crippen LogP contribution in [-0.2, 0) is 7.05 Å². The van der Waals surface area contributed by atoms with E-state index in [-0.39, 0.29) is 22.6 Å². The molecule has 0 fully saturated rings. The largest absolute Gasteiger partial charge is 0.362 e. The van der Waals surface area contributed by atoms with Gasteiger partial charge in [-0.1, -0.05) is 40.5 Å². The minimum Gasteiger partial charge on any atom is -0.362 e. The van der Waals surface area contributed by atoms with E-state index in [1.54, 1.807) is 11.7 Å². The van der Waals surface area contributed by atoms with Gasteiger partial charge in [0.25, 0.3) is 0 Å². The first-order chi connectivity index (χ1) is 9.33. The number of nitro groups is 1. The minimum absolute atomic E-state index is 0.0283. The Kier molecular flexibility index (Phi) is 5.53. The van der Waals surface area contributed by atoms with Crippen LogP contribution in [0.15, 0.2) is 0 Å². The van der Waals surface area contributed by atoms with Gasteiger partial charge in [0.1, 0.15) is 5.69 Å². The van der Waals surface area contributed by atoms with Gasteiger partial charge >= 0.3 is 5.69 Å². The molecule has 1 rings (SSSR count). The Bertz CT molecular complexity index is 464. The zero-order valence-electron chi connectivity index (χ0n) is 13.3. The Hall–Kier alpha value is -1.59. The standard InChI is InChI=1S/C14H26N4O2/c1-7-11(8-2)10(5)15-14-13(18(19)20)12(9(3)4)16-17(14)6/h9-11,15H,7-8H2,1-6H3. The maximum atomic E-state index is 11.4. The van der Waals surface area contributed by atoms with Crippen molar-refractivity contribution >= 4 is 11.5 Å². The molecule has 0 aliphatic carbocycles. The van der Waals surface area contributed by atoms with Crippen LogP contribution in [0.5, 0.6) is 0 Å². The summed E-state index contributed by atoms with van der Waals surface area (Å²) in [4.78, 5) is 11.0. The molecule has 0 bridgehead atoms. The van der Waals surface area contributed by atoms with E-state index in [1.807, 2.05) is 13.8 Å². The molecule has 0 spiro atoms. The van der Waals surface area contributed by atoms with Crippen LogP contribution in [0.1, 0.15) is 59.1 Å². The summed E-state index contributed by atoms with van der Waals surface area (Å²) in [6, 6.07) is 0.180. The van der Waals surface area contributed by atoms with E-state index in [9.17, 15) is 10.1 Å². The first kappa shape index (κ1) is 16.5. The molecule has 114 valence electrons. The lowest BCUT2D eigenvalue weighted by atomic mass is 9.95. The van der Waals surface area contributed by atoms with E-state index in [2.05, 4.69) is 31.2 Å². The van der Waals surface area contributed by atoms with Crippen LogP contribution >= 0.6 is 0 Å². The lowest BCUT2D eigenvalue weighted by molar-refractivity contribution is -0.384. The van der Waals surface area contributed by atoms with Crippen LogP contribution in [0.2, 0.25) is 0 Å². The van der Waals surface area contributed by atoms with E-state index in [4.69, 9.17) is 0 Å². The van der Waals surface area contributed by atoms with Crippen LogP contribution < -0.4 is 5.32 Å². The number of hydrogen-bond donors (Lipinski definition) is 1. The van der Waals surface area contributed by atoms with Crippen molar-refractivity contribution in [1.29, 1.82) is 0 Å². The molecule has 0 amide bonds. The molecule has 0 radical (unpaired) electrons. The van der Waals surface area contributed by atoms with E-state index in [0.717, 1.165) is 12.8 Å². The number of nitrogens with one attached hydrogen (secondary N) is 1. The summed E-state index contributed by atoms with van der Waals surface area (Å²) in [5, 5.41) is 19.0. The van der Waals surface area contributed by atoms with Crippen molar-refractivity contribution in [2.24, 2.45) is 13.0 Å². The number of anilines is 1. The third kappa shape index (κ3) is 3.29. The summed E-state index contributed by atoms with van der Waals surface area (Å²) in [6.07, 6.45) is 2.10. The van der Waals surface area contributed by atoms with E-state index >= 15 is 0 Å². The van der Waals surface area contributed by atoms with Crippen LogP contribution in [0, 0.1) is 16.0 Å². The maximum Gasteiger partial charge on any atom is 0.334 e. The molecule has 1 N–H and O–H groups in total. The average molecular weight is 282 g/mol. The molecule has 1 aromatic heterocycles. The molecule has 20 heavy (non-hydrogen) atoms. The van der Waals surface area contributed by atoms with Crippen LogP contribution in [0.25, 0.3) is 0 Å². The molecule has 0 aliphatic heterocycles. The van der Waals surface area contributed by atoms with Crippen LogP contribution in [-0.4, -0.2) is 20.7 Å². The summed E-state index contributed by atoms with van der Waals surface area (Å²) < 4.78 is 1.59. The molecule has 0 saturated heterocycles. The second-order valence-corrected chi connectivity index (χ2v) is 5.63. The second-order valence-electron chi connectivity index (χ2n) is 5.63. The van der Waals surface area contributed by atoms with Gasteiger partial charge in [0.2, 0.25) is 5.82 Å². The van der Waals surface area contributed by atoms with Gasteiger partial charge in [-0.15, -0.1) is 0 Å². The molecule has 1 atom stereocenters. The fourth-order valence-electron chi connectivity index (χ4n) is 2.59. The summed E-state index contributed by atoms with van der Waals surface area (Å²) in [6.45, 7) is 10.2. The molecular formula is C14H26N4O2. The van der Waals surface area contributed by atoms with E-state index < -0.39 is 0 Å².